The molecule has 1 rings (SSSR count). The maximum Gasteiger partial charge on any atom is 0.410 e. The van der Waals surface area contributed by atoms with Crippen LogP contribution in [0.25, 0.3) is 0 Å². The van der Waals surface area contributed by atoms with E-state index in [0.717, 1.165) is 6.21 Å². The van der Waals surface area contributed by atoms with Crippen LogP contribution in [0.4, 0.5) is 4.79 Å². The van der Waals surface area contributed by atoms with Gasteiger partial charge in [0.25, 0.3) is 5.91 Å². The van der Waals surface area contributed by atoms with Crippen LogP contribution in [0.3, 0.4) is 0 Å². The van der Waals surface area contributed by atoms with Gasteiger partial charge in [-0.2, -0.15) is 0 Å². The van der Waals surface area contributed by atoms with E-state index in [2.05, 4.69) is 10.5 Å². The molecule has 7 nitrogen and oxygen atoms in total. The highest BCUT2D eigenvalue weighted by molar-refractivity contribution is 6.26. The van der Waals surface area contributed by atoms with Crippen LogP contribution in [0.5, 0.6) is 0 Å². The molecule has 102 valence electrons. The maximum atomic E-state index is 11.7. The van der Waals surface area contributed by atoms with E-state index in [9.17, 15) is 9.59 Å². The number of hydrogen-bond acceptors (Lipinski definition) is 5. The molecule has 0 aliphatic carbocycles. The van der Waals surface area contributed by atoms with E-state index in [-0.39, 0.29) is 12.1 Å². The van der Waals surface area contributed by atoms with Gasteiger partial charge in [0.2, 0.25) is 0 Å². The van der Waals surface area contributed by atoms with Crippen LogP contribution in [0.1, 0.15) is 27.2 Å². The van der Waals surface area contributed by atoms with Crippen molar-refractivity contribution in [1.29, 1.82) is 0 Å². The van der Waals surface area contributed by atoms with Gasteiger partial charge in [-0.3, -0.25) is 4.79 Å². The van der Waals surface area contributed by atoms with Crippen molar-refractivity contribution >= 4 is 18.2 Å². The zero-order chi connectivity index (χ0) is 13.8. The molecule has 2 N–H and O–H groups in total. The van der Waals surface area contributed by atoms with Crippen LogP contribution in [0.15, 0.2) is 5.16 Å². The van der Waals surface area contributed by atoms with Crippen LogP contribution in [0, 0.1) is 0 Å². The molecule has 0 aromatic carbocycles. The monoisotopic (exact) mass is 257 g/mol. The van der Waals surface area contributed by atoms with Crippen molar-refractivity contribution in [3.63, 3.8) is 0 Å². The van der Waals surface area contributed by atoms with Gasteiger partial charge < -0.3 is 20.2 Å². The molecule has 0 aromatic rings. The molecule has 2 amide bonds. The van der Waals surface area contributed by atoms with E-state index in [1.165, 1.54) is 0 Å². The Kier molecular flexibility index (Phi) is 4.52. The molecule has 1 heterocycles. The second kappa shape index (κ2) is 5.70. The Labute approximate surface area is 106 Å². The van der Waals surface area contributed by atoms with Crippen LogP contribution in [-0.4, -0.2) is 53.1 Å². The van der Waals surface area contributed by atoms with Gasteiger partial charge in [0.1, 0.15) is 11.8 Å². The van der Waals surface area contributed by atoms with E-state index < -0.39 is 11.5 Å². The number of likely N-dealkylation sites (tertiary alicyclic amines) is 1. The first-order chi connectivity index (χ1) is 8.31. The van der Waals surface area contributed by atoms with Gasteiger partial charge in [-0.1, -0.05) is 5.16 Å². The van der Waals surface area contributed by atoms with E-state index in [1.54, 1.807) is 25.7 Å². The minimum Gasteiger partial charge on any atom is -0.444 e. The first kappa shape index (κ1) is 14.3. The molecule has 1 atom stereocenters. The lowest BCUT2D eigenvalue weighted by Gasteiger charge is -2.24. The van der Waals surface area contributed by atoms with Crippen molar-refractivity contribution in [1.82, 2.24) is 10.2 Å². The third-order valence-corrected chi connectivity index (χ3v) is 2.36. The number of nitrogens with one attached hydrogen (secondary N) is 1. The highest BCUT2D eigenvalue weighted by Crippen LogP contribution is 2.15. The summed E-state index contributed by atoms with van der Waals surface area (Å²) < 4.78 is 5.23. The highest BCUT2D eigenvalue weighted by Gasteiger charge is 2.30. The number of amides is 2. The number of oxime groups is 1. The van der Waals surface area contributed by atoms with Crippen molar-refractivity contribution in [2.45, 2.75) is 38.8 Å². The van der Waals surface area contributed by atoms with Crippen molar-refractivity contribution in [3.8, 4) is 0 Å². The average molecular weight is 257 g/mol. The Morgan fingerprint density at radius 3 is 2.72 bits per heavy atom. The summed E-state index contributed by atoms with van der Waals surface area (Å²) in [6.45, 7) is 6.35. The molecule has 1 aliphatic heterocycles. The summed E-state index contributed by atoms with van der Waals surface area (Å²) in [7, 11) is 0. The fourth-order valence-corrected chi connectivity index (χ4v) is 1.66. The number of hydrogen-bond donors (Lipinski definition) is 2. The van der Waals surface area contributed by atoms with Gasteiger partial charge in [0.15, 0.2) is 0 Å². The van der Waals surface area contributed by atoms with Crippen LogP contribution >= 0.6 is 0 Å². The third kappa shape index (κ3) is 4.60. The molecule has 0 aromatic heterocycles. The molecule has 1 fully saturated rings. The van der Waals surface area contributed by atoms with Gasteiger partial charge in [-0.15, -0.1) is 0 Å². The molecule has 0 radical (unpaired) electrons. The lowest BCUT2D eigenvalue weighted by molar-refractivity contribution is -0.115. The van der Waals surface area contributed by atoms with Crippen LogP contribution < -0.4 is 5.32 Å². The van der Waals surface area contributed by atoms with Gasteiger partial charge in [0, 0.05) is 19.1 Å². The minimum atomic E-state index is -0.526. The van der Waals surface area contributed by atoms with E-state index in [0.29, 0.717) is 19.5 Å². The van der Waals surface area contributed by atoms with Crippen molar-refractivity contribution in [3.05, 3.63) is 0 Å². The van der Waals surface area contributed by atoms with E-state index in [1.807, 2.05) is 0 Å². The lowest BCUT2D eigenvalue weighted by atomic mass is 10.2. The van der Waals surface area contributed by atoms with Gasteiger partial charge in [0.05, 0.1) is 0 Å². The number of carbonyl (C=O) groups is 2. The Morgan fingerprint density at radius 2 is 2.17 bits per heavy atom. The normalized spacial score (nSPS) is 20.2. The number of ether oxygens (including phenoxy) is 1. The Morgan fingerprint density at radius 1 is 1.50 bits per heavy atom. The summed E-state index contributed by atoms with van der Waals surface area (Å²) in [6.07, 6.45) is 1.07. The summed E-state index contributed by atoms with van der Waals surface area (Å²) in [4.78, 5) is 24.4. The van der Waals surface area contributed by atoms with E-state index >= 15 is 0 Å². The van der Waals surface area contributed by atoms with Crippen molar-refractivity contribution < 1.29 is 19.5 Å². The second-order valence-electron chi connectivity index (χ2n) is 5.17. The predicted molar refractivity (Wildman–Crippen MR) is 64.6 cm³/mol. The molecule has 0 unspecified atom stereocenters. The largest absolute Gasteiger partial charge is 0.444 e. The Balaban J connectivity index is 2.41. The number of nitrogens with zero attached hydrogens (tertiary/aromatic N) is 2. The quantitative estimate of drug-likeness (QED) is 0.430. The van der Waals surface area contributed by atoms with Gasteiger partial charge >= 0.3 is 6.09 Å². The molecule has 0 spiro atoms. The zero-order valence-corrected chi connectivity index (χ0v) is 10.8. The molecular weight excluding hydrogens is 238 g/mol. The molecule has 7 heteroatoms. The van der Waals surface area contributed by atoms with Gasteiger partial charge in [-0.05, 0) is 27.2 Å². The van der Waals surface area contributed by atoms with Gasteiger partial charge in [-0.25, -0.2) is 4.79 Å². The Bertz CT molecular complexity index is 349. The highest BCUT2D eigenvalue weighted by atomic mass is 16.6. The summed E-state index contributed by atoms with van der Waals surface area (Å²) in [5.74, 6) is -0.478. The molecule has 0 saturated carbocycles. The van der Waals surface area contributed by atoms with Crippen molar-refractivity contribution in [2.75, 3.05) is 13.1 Å². The van der Waals surface area contributed by atoms with Crippen LogP contribution in [0.2, 0.25) is 0 Å². The molecular formula is C11H19N3O4. The fourth-order valence-electron chi connectivity index (χ4n) is 1.66. The predicted octanol–water partition coefficient (Wildman–Crippen LogP) is 0.572. The average Bonchev–Trinajstić information content (AvgIpc) is 2.63. The number of carbonyl (C=O) groups excluding carboxylic acids is 2. The third-order valence-electron chi connectivity index (χ3n) is 2.36. The zero-order valence-electron chi connectivity index (χ0n) is 10.8. The van der Waals surface area contributed by atoms with Crippen molar-refractivity contribution in [2.24, 2.45) is 5.16 Å². The molecule has 18 heavy (non-hydrogen) atoms. The SMILES string of the molecule is CC(C)(C)OC(=O)N1CC[C@@H](NC(=O)/C=N\O)C1. The fraction of sp³-hybridized carbons (Fsp3) is 0.727. The van der Waals surface area contributed by atoms with Crippen LogP contribution in [-0.2, 0) is 9.53 Å². The second-order valence-corrected chi connectivity index (χ2v) is 5.17. The summed E-state index contributed by atoms with van der Waals surface area (Å²) in [5.41, 5.74) is -0.526. The smallest absolute Gasteiger partial charge is 0.410 e. The Hall–Kier alpha value is -1.79. The lowest BCUT2D eigenvalue weighted by Crippen LogP contribution is -2.40. The summed E-state index contributed by atoms with van der Waals surface area (Å²) in [6, 6.07) is -0.136. The topological polar surface area (TPSA) is 91.2 Å². The molecule has 1 aliphatic rings. The summed E-state index contributed by atoms with van der Waals surface area (Å²) in [5, 5.41) is 13.5. The minimum absolute atomic E-state index is 0.136. The first-order valence-corrected chi connectivity index (χ1v) is 5.77. The molecule has 1 saturated heterocycles. The standard InChI is InChI=1S/C11H19N3O4/c1-11(2,3)18-10(16)14-5-4-8(7-14)13-9(15)6-12-17/h6,8,17H,4-5,7H2,1-3H3,(H,13,15)/b12-6-/t8-/m1/s1. The van der Waals surface area contributed by atoms with E-state index in [4.69, 9.17) is 9.94 Å². The summed E-state index contributed by atoms with van der Waals surface area (Å²) >= 11 is 0. The maximum absolute atomic E-state index is 11.7. The number of rotatable bonds is 2. The first-order valence-electron chi connectivity index (χ1n) is 5.77. The molecule has 0 bridgehead atoms.